The van der Waals surface area contributed by atoms with Crippen LogP contribution in [0.4, 0.5) is 5.82 Å². The number of benzene rings is 1. The molecule has 1 aliphatic rings. The third-order valence-corrected chi connectivity index (χ3v) is 3.36. The summed E-state index contributed by atoms with van der Waals surface area (Å²) in [6, 6.07) is 7.31. The number of anilines is 1. The fourth-order valence-electron chi connectivity index (χ4n) is 2.32. The van der Waals surface area contributed by atoms with E-state index in [9.17, 15) is 9.90 Å². The van der Waals surface area contributed by atoms with Crippen LogP contribution < -0.4 is 10.6 Å². The molecular weight excluding hydrogens is 242 g/mol. The van der Waals surface area contributed by atoms with Gasteiger partial charge in [-0.2, -0.15) is 0 Å². The molecule has 19 heavy (non-hydrogen) atoms. The Morgan fingerprint density at radius 1 is 1.37 bits per heavy atom. The number of aromatic nitrogens is 1. The molecule has 0 bridgehead atoms. The molecule has 1 atom stereocenters. The minimum atomic E-state index is 0.0987. The lowest BCUT2D eigenvalue weighted by atomic mass is 10.1. The van der Waals surface area contributed by atoms with E-state index in [1.165, 1.54) is 0 Å². The number of nitrogens with zero attached hydrogens (tertiary/aromatic N) is 1. The molecule has 2 aromatic rings. The lowest BCUT2D eigenvalue weighted by Gasteiger charge is -2.24. The molecule has 98 valence electrons. The smallest absolute Gasteiger partial charge is 0.220 e. The summed E-state index contributed by atoms with van der Waals surface area (Å²) in [5.41, 5.74) is 0. The second-order valence-corrected chi connectivity index (χ2v) is 4.75. The van der Waals surface area contributed by atoms with Crippen LogP contribution in [0.25, 0.3) is 10.8 Å². The van der Waals surface area contributed by atoms with Gasteiger partial charge < -0.3 is 15.7 Å². The fraction of sp³-hybridized carbons (Fsp3) is 0.286. The number of fused-ring (bicyclic) bond motifs is 1. The highest BCUT2D eigenvalue weighted by molar-refractivity contribution is 5.92. The van der Waals surface area contributed by atoms with Crippen LogP contribution in [0.5, 0.6) is 5.75 Å². The first-order valence-electron chi connectivity index (χ1n) is 6.33. The van der Waals surface area contributed by atoms with Crippen molar-refractivity contribution in [2.24, 2.45) is 0 Å². The average molecular weight is 257 g/mol. The molecule has 1 aromatic carbocycles. The summed E-state index contributed by atoms with van der Waals surface area (Å²) < 4.78 is 0. The number of nitrogens with one attached hydrogen (secondary N) is 2. The van der Waals surface area contributed by atoms with Crippen molar-refractivity contribution in [2.75, 3.05) is 11.9 Å². The highest BCUT2D eigenvalue weighted by Crippen LogP contribution is 2.26. The fourth-order valence-corrected chi connectivity index (χ4v) is 2.32. The van der Waals surface area contributed by atoms with Crippen molar-refractivity contribution in [2.45, 2.75) is 18.9 Å². The number of carbonyl (C=O) groups is 1. The van der Waals surface area contributed by atoms with Crippen LogP contribution in [-0.4, -0.2) is 28.6 Å². The molecule has 0 spiro atoms. The number of hydrogen-bond donors (Lipinski definition) is 3. The maximum atomic E-state index is 11.1. The number of hydrogen-bond acceptors (Lipinski definition) is 4. The van der Waals surface area contributed by atoms with Crippen LogP contribution in [0.15, 0.2) is 30.5 Å². The quantitative estimate of drug-likeness (QED) is 0.764. The number of aromatic hydroxyl groups is 1. The predicted octanol–water partition coefficient (Wildman–Crippen LogP) is 1.63. The second-order valence-electron chi connectivity index (χ2n) is 4.75. The Labute approximate surface area is 110 Å². The van der Waals surface area contributed by atoms with Gasteiger partial charge in [-0.05, 0) is 30.0 Å². The number of phenols is 1. The van der Waals surface area contributed by atoms with Crippen molar-refractivity contribution in [1.82, 2.24) is 10.3 Å². The molecule has 1 saturated heterocycles. The van der Waals surface area contributed by atoms with Gasteiger partial charge in [0.25, 0.3) is 0 Å². The maximum absolute atomic E-state index is 11.1. The van der Waals surface area contributed by atoms with Gasteiger partial charge in [-0.3, -0.25) is 4.79 Å². The largest absolute Gasteiger partial charge is 0.508 e. The Morgan fingerprint density at radius 3 is 3.05 bits per heavy atom. The van der Waals surface area contributed by atoms with Gasteiger partial charge in [0.1, 0.15) is 11.6 Å². The van der Waals surface area contributed by atoms with E-state index in [-0.39, 0.29) is 17.7 Å². The zero-order chi connectivity index (χ0) is 13.2. The van der Waals surface area contributed by atoms with E-state index in [0.29, 0.717) is 13.0 Å². The number of phenolic OH excluding ortho intramolecular Hbond substituents is 1. The van der Waals surface area contributed by atoms with Crippen LogP contribution in [-0.2, 0) is 4.79 Å². The summed E-state index contributed by atoms with van der Waals surface area (Å²) in [5, 5.41) is 17.7. The van der Waals surface area contributed by atoms with Crippen molar-refractivity contribution in [3.8, 4) is 5.75 Å². The van der Waals surface area contributed by atoms with Gasteiger partial charge in [0, 0.05) is 30.6 Å². The third kappa shape index (κ3) is 2.45. The summed E-state index contributed by atoms with van der Waals surface area (Å²) >= 11 is 0. The Balaban J connectivity index is 1.88. The van der Waals surface area contributed by atoms with Crippen LogP contribution in [0.2, 0.25) is 0 Å². The monoisotopic (exact) mass is 257 g/mol. The van der Waals surface area contributed by atoms with Crippen LogP contribution in [0, 0.1) is 0 Å². The predicted molar refractivity (Wildman–Crippen MR) is 73.1 cm³/mol. The molecule has 0 saturated carbocycles. The Morgan fingerprint density at radius 2 is 2.26 bits per heavy atom. The molecule has 3 rings (SSSR count). The normalized spacial score (nSPS) is 19.2. The van der Waals surface area contributed by atoms with Gasteiger partial charge in [0.15, 0.2) is 0 Å². The minimum Gasteiger partial charge on any atom is -0.508 e. The molecule has 1 aromatic heterocycles. The van der Waals surface area contributed by atoms with Gasteiger partial charge in [0.05, 0.1) is 0 Å². The number of amides is 1. The van der Waals surface area contributed by atoms with Crippen molar-refractivity contribution >= 4 is 22.5 Å². The van der Waals surface area contributed by atoms with Gasteiger partial charge in [-0.15, -0.1) is 0 Å². The van der Waals surface area contributed by atoms with Crippen molar-refractivity contribution in [1.29, 1.82) is 0 Å². The number of piperidine rings is 1. The van der Waals surface area contributed by atoms with E-state index >= 15 is 0 Å². The van der Waals surface area contributed by atoms with Gasteiger partial charge in [0.2, 0.25) is 5.91 Å². The van der Waals surface area contributed by atoms with E-state index < -0.39 is 0 Å². The van der Waals surface area contributed by atoms with Gasteiger partial charge in [-0.25, -0.2) is 4.98 Å². The Bertz CT molecular complexity index is 617. The van der Waals surface area contributed by atoms with Crippen molar-refractivity contribution in [3.63, 3.8) is 0 Å². The number of pyridine rings is 1. The standard InChI is InChI=1S/C14H15N3O2/c18-11-3-1-9-5-6-15-14(12(9)7-11)17-10-2-4-13(19)16-8-10/h1,3,5-7,10,18H,2,4,8H2,(H,15,17)(H,16,19). The Hall–Kier alpha value is -2.30. The lowest BCUT2D eigenvalue weighted by Crippen LogP contribution is -2.42. The molecule has 1 fully saturated rings. The first-order chi connectivity index (χ1) is 9.22. The zero-order valence-corrected chi connectivity index (χ0v) is 10.4. The second kappa shape index (κ2) is 4.76. The molecule has 5 nitrogen and oxygen atoms in total. The molecule has 5 heteroatoms. The zero-order valence-electron chi connectivity index (χ0n) is 10.4. The molecule has 3 N–H and O–H groups in total. The molecule has 0 radical (unpaired) electrons. The molecule has 1 aliphatic heterocycles. The first kappa shape index (κ1) is 11.8. The molecule has 2 heterocycles. The van der Waals surface area contributed by atoms with Crippen LogP contribution >= 0.6 is 0 Å². The van der Waals surface area contributed by atoms with Crippen molar-refractivity contribution in [3.05, 3.63) is 30.5 Å². The maximum Gasteiger partial charge on any atom is 0.220 e. The average Bonchev–Trinajstić information content (AvgIpc) is 2.42. The summed E-state index contributed by atoms with van der Waals surface area (Å²) in [6.45, 7) is 0.607. The SMILES string of the molecule is O=C1CCC(Nc2nccc3ccc(O)cc23)CN1. The Kier molecular flexibility index (Phi) is 2.95. The van der Waals surface area contributed by atoms with E-state index in [2.05, 4.69) is 15.6 Å². The number of rotatable bonds is 2. The molecule has 0 aliphatic carbocycles. The molecule has 1 amide bonds. The molecular formula is C14H15N3O2. The summed E-state index contributed by atoms with van der Waals surface area (Å²) in [4.78, 5) is 15.5. The van der Waals surface area contributed by atoms with Crippen LogP contribution in [0.1, 0.15) is 12.8 Å². The first-order valence-corrected chi connectivity index (χ1v) is 6.33. The highest BCUT2D eigenvalue weighted by atomic mass is 16.3. The number of carbonyl (C=O) groups excluding carboxylic acids is 1. The van der Waals surface area contributed by atoms with Crippen LogP contribution in [0.3, 0.4) is 0 Å². The summed E-state index contributed by atoms with van der Waals surface area (Å²) in [6.07, 6.45) is 3.07. The van der Waals surface area contributed by atoms with E-state index in [1.807, 2.05) is 12.1 Å². The molecule has 1 unspecified atom stereocenters. The van der Waals surface area contributed by atoms with Crippen molar-refractivity contribution < 1.29 is 9.90 Å². The summed E-state index contributed by atoms with van der Waals surface area (Å²) in [5.74, 6) is 1.07. The van der Waals surface area contributed by atoms with Gasteiger partial charge in [-0.1, -0.05) is 6.07 Å². The van der Waals surface area contributed by atoms with E-state index in [1.54, 1.807) is 18.3 Å². The summed E-state index contributed by atoms with van der Waals surface area (Å²) in [7, 11) is 0. The third-order valence-electron chi connectivity index (χ3n) is 3.36. The van der Waals surface area contributed by atoms with E-state index in [0.717, 1.165) is 23.0 Å². The topological polar surface area (TPSA) is 74.2 Å². The highest BCUT2D eigenvalue weighted by Gasteiger charge is 2.18. The van der Waals surface area contributed by atoms with Gasteiger partial charge >= 0.3 is 0 Å². The van der Waals surface area contributed by atoms with E-state index in [4.69, 9.17) is 0 Å². The minimum absolute atomic E-state index is 0.0987. The lowest BCUT2D eigenvalue weighted by molar-refractivity contribution is -0.122.